The largest absolute Gasteiger partial charge is 0.343 e. The Morgan fingerprint density at radius 3 is 2.93 bits per heavy atom. The fourth-order valence-corrected chi connectivity index (χ4v) is 2.51. The number of hydrogen-bond acceptors (Lipinski definition) is 3. The third-order valence-corrected chi connectivity index (χ3v) is 3.66. The summed E-state index contributed by atoms with van der Waals surface area (Å²) in [4.78, 5) is 16.0. The Labute approximate surface area is 91.6 Å². The van der Waals surface area contributed by atoms with Crippen molar-refractivity contribution in [2.45, 2.75) is 19.4 Å². The van der Waals surface area contributed by atoms with Crippen molar-refractivity contribution in [1.29, 1.82) is 0 Å². The maximum absolute atomic E-state index is 11.8. The van der Waals surface area contributed by atoms with Crippen molar-refractivity contribution in [3.05, 3.63) is 0 Å². The highest BCUT2D eigenvalue weighted by molar-refractivity contribution is 5.81. The SMILES string of the molecule is CC1C(=O)N(C)CCN1CC1CCNC1. The lowest BCUT2D eigenvalue weighted by molar-refractivity contribution is -0.139. The van der Waals surface area contributed by atoms with Crippen molar-refractivity contribution in [2.75, 3.05) is 39.8 Å². The lowest BCUT2D eigenvalue weighted by atomic mass is 10.1. The molecule has 4 heteroatoms. The predicted octanol–water partition coefficient (Wildman–Crippen LogP) is -0.242. The molecule has 2 unspecified atom stereocenters. The molecule has 1 N–H and O–H groups in total. The smallest absolute Gasteiger partial charge is 0.239 e. The quantitative estimate of drug-likeness (QED) is 0.684. The highest BCUT2D eigenvalue weighted by Gasteiger charge is 2.31. The van der Waals surface area contributed by atoms with E-state index in [4.69, 9.17) is 0 Å². The minimum atomic E-state index is 0.0735. The van der Waals surface area contributed by atoms with Crippen LogP contribution in [0, 0.1) is 5.92 Å². The molecule has 0 aromatic heterocycles. The molecule has 1 amide bonds. The normalized spacial score (nSPS) is 33.7. The fourth-order valence-electron chi connectivity index (χ4n) is 2.51. The van der Waals surface area contributed by atoms with Crippen molar-refractivity contribution >= 4 is 5.91 Å². The van der Waals surface area contributed by atoms with Gasteiger partial charge in [0.25, 0.3) is 0 Å². The molecular weight excluding hydrogens is 190 g/mol. The Kier molecular flexibility index (Phi) is 3.26. The molecule has 0 saturated carbocycles. The molecule has 4 nitrogen and oxygen atoms in total. The summed E-state index contributed by atoms with van der Waals surface area (Å²) in [5.74, 6) is 1.01. The average Bonchev–Trinajstić information content (AvgIpc) is 2.72. The van der Waals surface area contributed by atoms with Gasteiger partial charge in [-0.15, -0.1) is 0 Å². The lowest BCUT2D eigenvalue weighted by Gasteiger charge is -2.38. The zero-order chi connectivity index (χ0) is 10.8. The minimum Gasteiger partial charge on any atom is -0.343 e. The van der Waals surface area contributed by atoms with Gasteiger partial charge in [0.2, 0.25) is 5.91 Å². The molecular formula is C11H21N3O. The number of carbonyl (C=O) groups is 1. The van der Waals surface area contributed by atoms with Gasteiger partial charge in [-0.25, -0.2) is 0 Å². The van der Waals surface area contributed by atoms with Crippen molar-refractivity contribution in [3.8, 4) is 0 Å². The first-order valence-electron chi connectivity index (χ1n) is 5.88. The molecule has 0 radical (unpaired) electrons. The van der Waals surface area contributed by atoms with E-state index < -0.39 is 0 Å². The van der Waals surface area contributed by atoms with Crippen LogP contribution in [0.25, 0.3) is 0 Å². The number of hydrogen-bond donors (Lipinski definition) is 1. The Bertz CT molecular complexity index is 238. The van der Waals surface area contributed by atoms with Crippen molar-refractivity contribution in [3.63, 3.8) is 0 Å². The molecule has 2 saturated heterocycles. The van der Waals surface area contributed by atoms with Crippen molar-refractivity contribution < 1.29 is 4.79 Å². The molecule has 0 aromatic carbocycles. The van der Waals surface area contributed by atoms with Gasteiger partial charge in [-0.1, -0.05) is 0 Å². The lowest BCUT2D eigenvalue weighted by Crippen LogP contribution is -2.55. The Hall–Kier alpha value is -0.610. The maximum Gasteiger partial charge on any atom is 0.239 e. The van der Waals surface area contributed by atoms with Gasteiger partial charge < -0.3 is 10.2 Å². The van der Waals surface area contributed by atoms with E-state index in [1.54, 1.807) is 0 Å². The van der Waals surface area contributed by atoms with Crippen LogP contribution in [0.1, 0.15) is 13.3 Å². The molecule has 2 aliphatic heterocycles. The molecule has 0 aliphatic carbocycles. The van der Waals surface area contributed by atoms with Gasteiger partial charge in [0.05, 0.1) is 6.04 Å². The topological polar surface area (TPSA) is 35.6 Å². The molecule has 2 rings (SSSR count). The van der Waals surface area contributed by atoms with E-state index in [2.05, 4.69) is 10.2 Å². The van der Waals surface area contributed by atoms with Crippen molar-refractivity contribution in [1.82, 2.24) is 15.1 Å². The fraction of sp³-hybridized carbons (Fsp3) is 0.909. The van der Waals surface area contributed by atoms with Gasteiger partial charge >= 0.3 is 0 Å². The molecule has 86 valence electrons. The zero-order valence-corrected chi connectivity index (χ0v) is 9.70. The molecule has 2 atom stereocenters. The maximum atomic E-state index is 11.8. The number of amides is 1. The Morgan fingerprint density at radius 2 is 2.27 bits per heavy atom. The molecule has 2 aliphatic rings. The summed E-state index contributed by atoms with van der Waals surface area (Å²) < 4.78 is 0. The second kappa shape index (κ2) is 4.49. The first kappa shape index (κ1) is 10.9. The highest BCUT2D eigenvalue weighted by atomic mass is 16.2. The number of piperazine rings is 1. The van der Waals surface area contributed by atoms with Crippen LogP contribution in [0.3, 0.4) is 0 Å². The molecule has 0 bridgehead atoms. The van der Waals surface area contributed by atoms with Crippen LogP contribution in [0.4, 0.5) is 0 Å². The van der Waals surface area contributed by atoms with Crippen LogP contribution in [-0.2, 0) is 4.79 Å². The molecule has 0 aromatic rings. The van der Waals surface area contributed by atoms with Crippen LogP contribution in [0.15, 0.2) is 0 Å². The minimum absolute atomic E-state index is 0.0735. The van der Waals surface area contributed by atoms with Gasteiger partial charge in [-0.2, -0.15) is 0 Å². The summed E-state index contributed by atoms with van der Waals surface area (Å²) in [7, 11) is 1.90. The van der Waals surface area contributed by atoms with Crippen LogP contribution in [0.5, 0.6) is 0 Å². The summed E-state index contributed by atoms with van der Waals surface area (Å²) in [6.07, 6.45) is 1.26. The number of rotatable bonds is 2. The molecule has 2 fully saturated rings. The van der Waals surface area contributed by atoms with E-state index in [0.29, 0.717) is 0 Å². The molecule has 2 heterocycles. The van der Waals surface area contributed by atoms with E-state index in [9.17, 15) is 4.79 Å². The molecule has 0 spiro atoms. The monoisotopic (exact) mass is 211 g/mol. The predicted molar refractivity (Wildman–Crippen MR) is 59.6 cm³/mol. The van der Waals surface area contributed by atoms with Crippen LogP contribution in [0.2, 0.25) is 0 Å². The van der Waals surface area contributed by atoms with Crippen molar-refractivity contribution in [2.24, 2.45) is 5.92 Å². The van der Waals surface area contributed by atoms with E-state index in [1.165, 1.54) is 6.42 Å². The van der Waals surface area contributed by atoms with E-state index in [-0.39, 0.29) is 11.9 Å². The Balaban J connectivity index is 1.89. The first-order valence-corrected chi connectivity index (χ1v) is 5.88. The third-order valence-electron chi connectivity index (χ3n) is 3.66. The second-order valence-electron chi connectivity index (χ2n) is 4.79. The highest BCUT2D eigenvalue weighted by Crippen LogP contribution is 2.15. The third kappa shape index (κ3) is 2.32. The first-order chi connectivity index (χ1) is 7.18. The van der Waals surface area contributed by atoms with Gasteiger partial charge in [0.1, 0.15) is 0 Å². The summed E-state index contributed by atoms with van der Waals surface area (Å²) in [6.45, 7) is 7.27. The second-order valence-corrected chi connectivity index (χ2v) is 4.79. The van der Waals surface area contributed by atoms with Gasteiger partial charge in [-0.3, -0.25) is 9.69 Å². The standard InChI is InChI=1S/C11H21N3O/c1-9-11(15)13(2)5-6-14(9)8-10-3-4-12-7-10/h9-10,12H,3-8H2,1-2H3. The van der Waals surface area contributed by atoms with Gasteiger partial charge in [-0.05, 0) is 32.4 Å². The van der Waals surface area contributed by atoms with Gasteiger partial charge in [0.15, 0.2) is 0 Å². The number of carbonyl (C=O) groups excluding carboxylic acids is 1. The van der Waals surface area contributed by atoms with Gasteiger partial charge in [0, 0.05) is 26.7 Å². The zero-order valence-electron chi connectivity index (χ0n) is 9.70. The summed E-state index contributed by atoms with van der Waals surface area (Å²) in [6, 6.07) is 0.0735. The van der Waals surface area contributed by atoms with E-state index in [1.807, 2.05) is 18.9 Å². The van der Waals surface area contributed by atoms with Crippen LogP contribution >= 0.6 is 0 Å². The van der Waals surface area contributed by atoms with E-state index >= 15 is 0 Å². The Morgan fingerprint density at radius 1 is 1.47 bits per heavy atom. The summed E-state index contributed by atoms with van der Waals surface area (Å²) in [5.41, 5.74) is 0. The summed E-state index contributed by atoms with van der Waals surface area (Å²) in [5, 5.41) is 3.37. The average molecular weight is 211 g/mol. The summed E-state index contributed by atoms with van der Waals surface area (Å²) >= 11 is 0. The van der Waals surface area contributed by atoms with Crippen LogP contribution in [-0.4, -0.2) is 61.5 Å². The number of nitrogens with zero attached hydrogens (tertiary/aromatic N) is 2. The molecule has 15 heavy (non-hydrogen) atoms. The number of nitrogens with one attached hydrogen (secondary N) is 1. The van der Waals surface area contributed by atoms with Crippen LogP contribution < -0.4 is 5.32 Å². The van der Waals surface area contributed by atoms with E-state index in [0.717, 1.165) is 38.6 Å². The number of likely N-dealkylation sites (N-methyl/N-ethyl adjacent to an activating group) is 1.